The lowest BCUT2D eigenvalue weighted by molar-refractivity contribution is -0.146. The highest BCUT2D eigenvalue weighted by atomic mass is 35.5. The number of carbonyl (C=O) groups excluding carboxylic acids is 1. The number of rotatable bonds is 4. The lowest BCUT2D eigenvalue weighted by Gasteiger charge is -2.26. The number of hydrogen-bond acceptors (Lipinski definition) is 4. The van der Waals surface area contributed by atoms with Gasteiger partial charge in [-0.25, -0.2) is 4.79 Å². The summed E-state index contributed by atoms with van der Waals surface area (Å²) in [5.74, 6) is -1.67. The molecule has 22 heavy (non-hydrogen) atoms. The first-order valence-electron chi connectivity index (χ1n) is 6.56. The Hall–Kier alpha value is -1.37. The number of aliphatic carboxylic acids is 1. The predicted molar refractivity (Wildman–Crippen MR) is 92.7 cm³/mol. The summed E-state index contributed by atoms with van der Waals surface area (Å²) in [6.45, 7) is 3.50. The van der Waals surface area contributed by atoms with E-state index < -0.39 is 12.0 Å². The molecule has 1 aliphatic heterocycles. The van der Waals surface area contributed by atoms with Crippen LogP contribution in [0.5, 0.6) is 0 Å². The Labute approximate surface area is 143 Å². The molecule has 1 atom stereocenters. The summed E-state index contributed by atoms with van der Waals surface area (Å²) in [5, 5.41) is 9.96. The van der Waals surface area contributed by atoms with E-state index in [0.29, 0.717) is 9.93 Å². The summed E-state index contributed by atoms with van der Waals surface area (Å²) in [7, 11) is 0. The molecule has 0 saturated carbocycles. The van der Waals surface area contributed by atoms with Crippen molar-refractivity contribution in [1.29, 1.82) is 0 Å². The van der Waals surface area contributed by atoms with Crippen molar-refractivity contribution in [2.24, 2.45) is 5.92 Å². The molecule has 116 valence electrons. The molecule has 0 bridgehead atoms. The quantitative estimate of drug-likeness (QED) is 0.660. The van der Waals surface area contributed by atoms with Gasteiger partial charge in [0.05, 0.1) is 4.91 Å². The predicted octanol–water partition coefficient (Wildman–Crippen LogP) is 3.65. The fraction of sp³-hybridized carbons (Fsp3) is 0.267. The minimum absolute atomic E-state index is 0.241. The Bertz CT molecular complexity index is 655. The van der Waals surface area contributed by atoms with Crippen LogP contribution in [0.25, 0.3) is 6.08 Å². The SMILES string of the molecule is CC(C)[C@@H](C(=O)O)N1C(=O)/C(=C/c2ccc(Cl)cc2)SC1=S. The van der Waals surface area contributed by atoms with Gasteiger partial charge in [0.2, 0.25) is 0 Å². The molecule has 0 aromatic heterocycles. The van der Waals surface area contributed by atoms with Gasteiger partial charge in [0, 0.05) is 5.02 Å². The van der Waals surface area contributed by atoms with Crippen molar-refractivity contribution in [3.8, 4) is 0 Å². The van der Waals surface area contributed by atoms with Gasteiger partial charge in [-0.1, -0.05) is 61.6 Å². The molecule has 4 nitrogen and oxygen atoms in total. The molecule has 1 heterocycles. The first kappa shape index (κ1) is 17.0. The van der Waals surface area contributed by atoms with Crippen LogP contribution in [0.15, 0.2) is 29.2 Å². The lowest BCUT2D eigenvalue weighted by Crippen LogP contribution is -2.47. The van der Waals surface area contributed by atoms with Crippen LogP contribution in [-0.4, -0.2) is 32.2 Å². The van der Waals surface area contributed by atoms with Crippen molar-refractivity contribution in [1.82, 2.24) is 4.90 Å². The number of hydrogen-bond donors (Lipinski definition) is 1. The molecule has 0 spiro atoms. The van der Waals surface area contributed by atoms with E-state index in [9.17, 15) is 14.7 Å². The fourth-order valence-corrected chi connectivity index (χ4v) is 3.58. The van der Waals surface area contributed by atoms with E-state index >= 15 is 0 Å². The van der Waals surface area contributed by atoms with Gasteiger partial charge >= 0.3 is 5.97 Å². The van der Waals surface area contributed by atoms with E-state index in [4.69, 9.17) is 23.8 Å². The number of carbonyl (C=O) groups is 2. The van der Waals surface area contributed by atoms with Gasteiger partial charge in [0.25, 0.3) is 5.91 Å². The number of halogens is 1. The summed E-state index contributed by atoms with van der Waals surface area (Å²) >= 11 is 12.1. The zero-order valence-corrected chi connectivity index (χ0v) is 14.3. The van der Waals surface area contributed by atoms with E-state index in [1.165, 1.54) is 4.90 Å². The normalized spacial score (nSPS) is 18.4. The van der Waals surface area contributed by atoms with Gasteiger partial charge in [-0.3, -0.25) is 9.69 Å². The smallest absolute Gasteiger partial charge is 0.327 e. The highest BCUT2D eigenvalue weighted by Gasteiger charge is 2.41. The summed E-state index contributed by atoms with van der Waals surface area (Å²) in [4.78, 5) is 25.5. The van der Waals surface area contributed by atoms with Gasteiger partial charge in [-0.2, -0.15) is 0 Å². The van der Waals surface area contributed by atoms with Crippen molar-refractivity contribution < 1.29 is 14.7 Å². The maximum absolute atomic E-state index is 12.5. The van der Waals surface area contributed by atoms with Crippen LogP contribution in [0.1, 0.15) is 19.4 Å². The third kappa shape index (κ3) is 3.51. The van der Waals surface area contributed by atoms with Crippen LogP contribution in [0, 0.1) is 5.92 Å². The Morgan fingerprint density at radius 3 is 2.45 bits per heavy atom. The second-order valence-corrected chi connectivity index (χ2v) is 7.24. The van der Waals surface area contributed by atoms with Crippen LogP contribution < -0.4 is 0 Å². The molecule has 7 heteroatoms. The maximum atomic E-state index is 12.5. The van der Waals surface area contributed by atoms with Crippen LogP contribution in [-0.2, 0) is 9.59 Å². The number of amides is 1. The third-order valence-electron chi connectivity index (χ3n) is 3.15. The monoisotopic (exact) mass is 355 g/mol. The first-order valence-corrected chi connectivity index (χ1v) is 8.17. The molecule has 0 unspecified atom stereocenters. The number of thiocarbonyl (C=S) groups is 1. The standard InChI is InChI=1S/C15H14ClNO3S2/c1-8(2)12(14(19)20)17-13(18)11(22-15(17)21)7-9-3-5-10(16)6-4-9/h3-8,12H,1-2H3,(H,19,20)/b11-7-/t12-/m0/s1. The highest BCUT2D eigenvalue weighted by molar-refractivity contribution is 8.26. The van der Waals surface area contributed by atoms with Crippen LogP contribution in [0.4, 0.5) is 0 Å². The van der Waals surface area contributed by atoms with E-state index in [1.807, 2.05) is 0 Å². The van der Waals surface area contributed by atoms with Crippen molar-refractivity contribution in [2.75, 3.05) is 0 Å². The molecule has 1 saturated heterocycles. The summed E-state index contributed by atoms with van der Waals surface area (Å²) < 4.78 is 0.270. The molecular formula is C15H14ClNO3S2. The number of nitrogens with zero attached hydrogens (tertiary/aromatic N) is 1. The third-order valence-corrected chi connectivity index (χ3v) is 4.74. The lowest BCUT2D eigenvalue weighted by atomic mass is 10.0. The Morgan fingerprint density at radius 2 is 1.95 bits per heavy atom. The van der Waals surface area contributed by atoms with Gasteiger partial charge in [0.1, 0.15) is 10.4 Å². The number of carboxylic acid groups (broad SMARTS) is 1. The van der Waals surface area contributed by atoms with E-state index in [2.05, 4.69) is 0 Å². The molecular weight excluding hydrogens is 342 g/mol. The van der Waals surface area contributed by atoms with Crippen LogP contribution >= 0.6 is 35.6 Å². The number of carboxylic acids is 1. The Morgan fingerprint density at radius 1 is 1.36 bits per heavy atom. The van der Waals surface area contributed by atoms with Gasteiger partial charge < -0.3 is 5.11 Å². The fourth-order valence-electron chi connectivity index (χ4n) is 2.12. The maximum Gasteiger partial charge on any atom is 0.327 e. The summed E-state index contributed by atoms with van der Waals surface area (Å²) in [6.07, 6.45) is 1.69. The average Bonchev–Trinajstić information content (AvgIpc) is 2.69. The molecule has 2 rings (SSSR count). The minimum atomic E-state index is -1.06. The molecule has 1 amide bonds. The largest absolute Gasteiger partial charge is 0.480 e. The van der Waals surface area contributed by atoms with E-state index in [-0.39, 0.29) is 16.1 Å². The topological polar surface area (TPSA) is 57.6 Å². The number of thioether (sulfide) groups is 1. The van der Waals surface area contributed by atoms with Gasteiger partial charge in [0.15, 0.2) is 0 Å². The second kappa shape index (κ2) is 6.81. The van der Waals surface area contributed by atoms with E-state index in [1.54, 1.807) is 44.2 Å². The van der Waals surface area contributed by atoms with Crippen molar-refractivity contribution in [3.05, 3.63) is 39.8 Å². The van der Waals surface area contributed by atoms with Crippen molar-refractivity contribution >= 4 is 57.9 Å². The van der Waals surface area contributed by atoms with Gasteiger partial charge in [-0.05, 0) is 29.7 Å². The zero-order valence-electron chi connectivity index (χ0n) is 11.9. The molecule has 1 aromatic rings. The summed E-state index contributed by atoms with van der Waals surface area (Å²) in [5.41, 5.74) is 0.807. The molecule has 0 radical (unpaired) electrons. The molecule has 1 N–H and O–H groups in total. The summed E-state index contributed by atoms with van der Waals surface area (Å²) in [6, 6.07) is 6.06. The van der Waals surface area contributed by atoms with Crippen LogP contribution in [0.3, 0.4) is 0 Å². The van der Waals surface area contributed by atoms with Gasteiger partial charge in [-0.15, -0.1) is 0 Å². The Balaban J connectivity index is 2.32. The second-order valence-electron chi connectivity index (χ2n) is 5.13. The molecule has 1 fully saturated rings. The molecule has 1 aromatic carbocycles. The van der Waals surface area contributed by atoms with Crippen LogP contribution in [0.2, 0.25) is 5.02 Å². The number of benzene rings is 1. The molecule has 1 aliphatic rings. The van der Waals surface area contributed by atoms with E-state index in [0.717, 1.165) is 17.3 Å². The highest BCUT2D eigenvalue weighted by Crippen LogP contribution is 2.35. The van der Waals surface area contributed by atoms with Crippen molar-refractivity contribution in [3.63, 3.8) is 0 Å². The minimum Gasteiger partial charge on any atom is -0.480 e. The zero-order chi connectivity index (χ0) is 16.4. The Kier molecular flexibility index (Phi) is 5.26. The molecule has 0 aliphatic carbocycles. The average molecular weight is 356 g/mol. The van der Waals surface area contributed by atoms with Crippen molar-refractivity contribution in [2.45, 2.75) is 19.9 Å². The first-order chi connectivity index (χ1) is 10.3.